The maximum absolute atomic E-state index is 13.5. The number of aromatic nitrogens is 4. The van der Waals surface area contributed by atoms with E-state index in [1.807, 2.05) is 56.3 Å². The van der Waals surface area contributed by atoms with Crippen LogP contribution < -0.4 is 9.64 Å². The van der Waals surface area contributed by atoms with Gasteiger partial charge >= 0.3 is 6.16 Å². The number of carbonyl (C=O) groups is 2. The lowest BCUT2D eigenvalue weighted by Gasteiger charge is -2.32. The van der Waals surface area contributed by atoms with Crippen molar-refractivity contribution in [1.29, 1.82) is 0 Å². The molecule has 0 radical (unpaired) electrons. The number of carbonyl (C=O) groups excluding carboxylic acids is 1. The van der Waals surface area contributed by atoms with Gasteiger partial charge in [-0.15, -0.1) is 5.10 Å². The van der Waals surface area contributed by atoms with Gasteiger partial charge in [-0.05, 0) is 75.3 Å². The molecule has 1 saturated carbocycles. The van der Waals surface area contributed by atoms with Crippen molar-refractivity contribution < 1.29 is 19.4 Å². The Labute approximate surface area is 204 Å². The molecule has 184 valence electrons. The van der Waals surface area contributed by atoms with Crippen LogP contribution in [0.15, 0.2) is 42.7 Å². The Balaban J connectivity index is 1.62. The Morgan fingerprint density at radius 3 is 2.46 bits per heavy atom. The minimum atomic E-state index is -1.45. The van der Waals surface area contributed by atoms with Crippen LogP contribution >= 0.6 is 0 Å². The van der Waals surface area contributed by atoms with Gasteiger partial charge in [-0.2, -0.15) is 5.10 Å². The van der Waals surface area contributed by atoms with E-state index in [1.165, 1.54) is 6.20 Å². The number of rotatable bonds is 7. The number of ether oxygens (including phenoxy) is 1. The summed E-state index contributed by atoms with van der Waals surface area (Å²) in [7, 11) is 0. The molecule has 9 nitrogen and oxygen atoms in total. The molecule has 9 heteroatoms. The highest BCUT2D eigenvalue weighted by atomic mass is 16.7. The molecule has 1 amide bonds. The second-order valence-electron chi connectivity index (χ2n) is 9.31. The van der Waals surface area contributed by atoms with E-state index in [2.05, 4.69) is 22.2 Å². The monoisotopic (exact) mass is 477 g/mol. The van der Waals surface area contributed by atoms with Crippen molar-refractivity contribution in [3.05, 3.63) is 54.0 Å². The molecule has 0 aliphatic heterocycles. The summed E-state index contributed by atoms with van der Waals surface area (Å²) in [5.74, 6) is 0.733. The van der Waals surface area contributed by atoms with Crippen LogP contribution in [-0.4, -0.2) is 43.2 Å². The zero-order valence-electron chi connectivity index (χ0n) is 20.2. The molecule has 1 aliphatic carbocycles. The van der Waals surface area contributed by atoms with Gasteiger partial charge < -0.3 is 9.84 Å². The van der Waals surface area contributed by atoms with E-state index in [9.17, 15) is 14.7 Å². The number of nitrogens with zero attached hydrogens (tertiary/aromatic N) is 4. The highest BCUT2D eigenvalue weighted by molar-refractivity contribution is 5.96. The summed E-state index contributed by atoms with van der Waals surface area (Å²) in [6.07, 6.45) is 9.32. The Morgan fingerprint density at radius 2 is 1.86 bits per heavy atom. The molecule has 35 heavy (non-hydrogen) atoms. The quantitative estimate of drug-likeness (QED) is 0.441. The number of nitrogens with one attached hydrogen (secondary N) is 1. The van der Waals surface area contributed by atoms with Crippen molar-refractivity contribution in [2.45, 2.75) is 52.5 Å². The largest absolute Gasteiger partial charge is 0.511 e. The molecule has 4 rings (SSSR count). The fourth-order valence-corrected chi connectivity index (χ4v) is 4.41. The summed E-state index contributed by atoms with van der Waals surface area (Å²) in [5, 5.41) is 20.8. The van der Waals surface area contributed by atoms with E-state index in [4.69, 9.17) is 4.74 Å². The summed E-state index contributed by atoms with van der Waals surface area (Å²) >= 11 is 0. The molecule has 0 saturated heterocycles. The topological polar surface area (TPSA) is 113 Å². The fourth-order valence-electron chi connectivity index (χ4n) is 4.41. The van der Waals surface area contributed by atoms with E-state index in [0.717, 1.165) is 36.9 Å². The van der Waals surface area contributed by atoms with Gasteiger partial charge in [0.2, 0.25) is 11.7 Å². The molecule has 1 fully saturated rings. The van der Waals surface area contributed by atoms with Crippen LogP contribution in [0.3, 0.4) is 0 Å². The van der Waals surface area contributed by atoms with Crippen LogP contribution in [0.5, 0.6) is 5.75 Å². The fraction of sp³-hybridized carbons (Fsp3) is 0.385. The van der Waals surface area contributed by atoms with Gasteiger partial charge in [-0.25, -0.2) is 9.48 Å². The van der Waals surface area contributed by atoms with Crippen molar-refractivity contribution in [3.63, 3.8) is 0 Å². The first-order valence-electron chi connectivity index (χ1n) is 11.9. The zero-order valence-corrected chi connectivity index (χ0v) is 20.2. The highest BCUT2D eigenvalue weighted by Gasteiger charge is 2.34. The molecule has 2 aromatic heterocycles. The Kier molecular flexibility index (Phi) is 7.33. The van der Waals surface area contributed by atoms with Crippen molar-refractivity contribution in [1.82, 2.24) is 20.0 Å². The number of aromatic amines is 1. The minimum absolute atomic E-state index is 0.0335. The number of anilines is 1. The third kappa shape index (κ3) is 5.79. The van der Waals surface area contributed by atoms with Crippen molar-refractivity contribution in [2.24, 2.45) is 11.8 Å². The summed E-state index contributed by atoms with van der Waals surface area (Å²) in [4.78, 5) is 26.5. The van der Waals surface area contributed by atoms with Gasteiger partial charge in [0.05, 0.1) is 17.6 Å². The predicted octanol–water partition coefficient (Wildman–Crippen LogP) is 5.39. The average Bonchev–Trinajstić information content (AvgIpc) is 3.49. The average molecular weight is 478 g/mol. The summed E-state index contributed by atoms with van der Waals surface area (Å²) in [6.45, 7) is 6.00. The van der Waals surface area contributed by atoms with Crippen molar-refractivity contribution in [2.75, 3.05) is 4.90 Å². The number of amides is 1. The standard InChI is InChI=1S/C26H31N5O4/c1-17(2)31(25(32)20-9-4-18(3)5-10-20)24-23(35-26(33)34)16-30(29-24)22-12-7-19(8-13-22)6-11-21-14-15-27-28-21/h6-8,11-18,20H,4-5,9-10H2,1-3H3,(H,27,28)(H,33,34)/b11-6-/t18-,20-. The molecule has 0 unspecified atom stereocenters. The molecule has 0 bridgehead atoms. The highest BCUT2D eigenvalue weighted by Crippen LogP contribution is 2.35. The lowest BCUT2D eigenvalue weighted by Crippen LogP contribution is -2.42. The van der Waals surface area contributed by atoms with Crippen LogP contribution in [0.25, 0.3) is 17.8 Å². The van der Waals surface area contributed by atoms with Crippen LogP contribution in [0.4, 0.5) is 10.6 Å². The number of hydrogen-bond acceptors (Lipinski definition) is 5. The zero-order chi connectivity index (χ0) is 24.9. The first-order valence-corrected chi connectivity index (χ1v) is 11.9. The van der Waals surface area contributed by atoms with Crippen LogP contribution in [0.2, 0.25) is 0 Å². The van der Waals surface area contributed by atoms with Gasteiger partial charge in [-0.1, -0.05) is 25.1 Å². The number of benzene rings is 1. The summed E-state index contributed by atoms with van der Waals surface area (Å²) in [6, 6.07) is 9.25. The van der Waals surface area contributed by atoms with Crippen LogP contribution in [-0.2, 0) is 4.79 Å². The van der Waals surface area contributed by atoms with E-state index in [0.29, 0.717) is 11.6 Å². The Bertz CT molecular complexity index is 1170. The van der Waals surface area contributed by atoms with Gasteiger partial charge in [0, 0.05) is 18.2 Å². The van der Waals surface area contributed by atoms with E-state index < -0.39 is 6.16 Å². The Hall–Kier alpha value is -3.88. The number of hydrogen-bond donors (Lipinski definition) is 2. The molecular formula is C26H31N5O4. The molecule has 3 aromatic rings. The lowest BCUT2D eigenvalue weighted by molar-refractivity contribution is -0.124. The maximum Gasteiger partial charge on any atom is 0.511 e. The predicted molar refractivity (Wildman–Crippen MR) is 133 cm³/mol. The molecule has 1 aromatic carbocycles. The van der Waals surface area contributed by atoms with Crippen LogP contribution in [0.1, 0.15) is 57.7 Å². The first kappa shape index (κ1) is 24.3. The second-order valence-corrected chi connectivity index (χ2v) is 9.31. The maximum atomic E-state index is 13.5. The van der Waals surface area contributed by atoms with Gasteiger partial charge in [0.25, 0.3) is 0 Å². The van der Waals surface area contributed by atoms with E-state index in [1.54, 1.807) is 15.8 Å². The molecule has 2 heterocycles. The van der Waals surface area contributed by atoms with Gasteiger partial charge in [0.15, 0.2) is 5.75 Å². The molecule has 0 spiro atoms. The SMILES string of the molecule is CC(C)N(c1nn(-c2ccc(/C=C\c3cc[nH]n3)cc2)cc1OC(=O)O)C(=O)[C@H]1CC[C@H](C)CC1. The summed E-state index contributed by atoms with van der Waals surface area (Å²) in [5.41, 5.74) is 2.51. The third-order valence-corrected chi connectivity index (χ3v) is 6.33. The second kappa shape index (κ2) is 10.6. The van der Waals surface area contributed by atoms with E-state index >= 15 is 0 Å². The van der Waals surface area contributed by atoms with Gasteiger partial charge in [0.1, 0.15) is 0 Å². The smallest absolute Gasteiger partial charge is 0.449 e. The Morgan fingerprint density at radius 1 is 1.14 bits per heavy atom. The molecular weight excluding hydrogens is 446 g/mol. The first-order chi connectivity index (χ1) is 16.8. The molecule has 1 aliphatic rings. The summed E-state index contributed by atoms with van der Waals surface area (Å²) < 4.78 is 6.60. The lowest BCUT2D eigenvalue weighted by atomic mass is 9.82. The number of carboxylic acid groups (broad SMARTS) is 1. The van der Waals surface area contributed by atoms with Gasteiger partial charge in [-0.3, -0.25) is 14.8 Å². The van der Waals surface area contributed by atoms with Crippen molar-refractivity contribution >= 4 is 30.0 Å². The van der Waals surface area contributed by atoms with Crippen LogP contribution in [0, 0.1) is 11.8 Å². The minimum Gasteiger partial charge on any atom is -0.449 e. The normalized spacial score (nSPS) is 18.2. The number of H-pyrrole nitrogens is 1. The molecule has 0 atom stereocenters. The molecule has 2 N–H and O–H groups in total. The van der Waals surface area contributed by atoms with E-state index in [-0.39, 0.29) is 29.4 Å². The van der Waals surface area contributed by atoms with Crippen molar-refractivity contribution in [3.8, 4) is 11.4 Å². The third-order valence-electron chi connectivity index (χ3n) is 6.33.